The normalized spacial score (nSPS) is 13.0. The summed E-state index contributed by atoms with van der Waals surface area (Å²) >= 11 is 1.66. The SMILES string of the molecule is CCCc1nc(-c2ccc3c(c2)N(Cc2ccc(C(=O)OC)cc2)C(=O)CO3)cs1. The van der Waals surface area contributed by atoms with Gasteiger partial charge in [-0.05, 0) is 48.7 Å². The Morgan fingerprint density at radius 1 is 1.23 bits per heavy atom. The zero-order valence-corrected chi connectivity index (χ0v) is 17.7. The number of amides is 1. The molecule has 0 spiro atoms. The molecular weight excluding hydrogens is 400 g/mol. The molecule has 0 fully saturated rings. The number of rotatable bonds is 6. The number of hydrogen-bond acceptors (Lipinski definition) is 6. The predicted octanol–water partition coefficient (Wildman–Crippen LogP) is 4.47. The molecular formula is C23H22N2O4S. The van der Waals surface area contributed by atoms with Crippen LogP contribution in [-0.2, 0) is 22.5 Å². The second-order valence-electron chi connectivity index (χ2n) is 7.02. The van der Waals surface area contributed by atoms with Crippen molar-refractivity contribution in [3.05, 3.63) is 64.0 Å². The quantitative estimate of drug-likeness (QED) is 0.548. The number of ether oxygens (including phenoxy) is 2. The van der Waals surface area contributed by atoms with Crippen molar-refractivity contribution >= 4 is 28.9 Å². The lowest BCUT2D eigenvalue weighted by molar-refractivity contribution is -0.121. The minimum absolute atomic E-state index is 0.00391. The maximum absolute atomic E-state index is 12.6. The van der Waals surface area contributed by atoms with Gasteiger partial charge in [-0.15, -0.1) is 11.3 Å². The number of esters is 1. The first-order valence-electron chi connectivity index (χ1n) is 9.78. The number of hydrogen-bond donors (Lipinski definition) is 0. The lowest BCUT2D eigenvalue weighted by Gasteiger charge is -2.30. The Morgan fingerprint density at radius 2 is 2.03 bits per heavy atom. The van der Waals surface area contributed by atoms with Gasteiger partial charge in [0.1, 0.15) is 5.75 Å². The van der Waals surface area contributed by atoms with Crippen LogP contribution in [0.1, 0.15) is 34.3 Å². The summed E-state index contributed by atoms with van der Waals surface area (Å²) < 4.78 is 10.4. The molecule has 0 aliphatic carbocycles. The number of aromatic nitrogens is 1. The monoisotopic (exact) mass is 422 g/mol. The molecule has 0 saturated heterocycles. The Balaban J connectivity index is 1.62. The van der Waals surface area contributed by atoms with Crippen LogP contribution >= 0.6 is 11.3 Å². The fourth-order valence-electron chi connectivity index (χ4n) is 3.35. The number of thiazole rings is 1. The van der Waals surface area contributed by atoms with Crippen molar-refractivity contribution in [1.29, 1.82) is 0 Å². The van der Waals surface area contributed by atoms with Crippen LogP contribution in [0.4, 0.5) is 5.69 Å². The van der Waals surface area contributed by atoms with E-state index in [9.17, 15) is 9.59 Å². The van der Waals surface area contributed by atoms with Crippen molar-refractivity contribution in [2.45, 2.75) is 26.3 Å². The van der Waals surface area contributed by atoms with Gasteiger partial charge in [0.15, 0.2) is 6.61 Å². The van der Waals surface area contributed by atoms with Crippen LogP contribution in [0.3, 0.4) is 0 Å². The highest BCUT2D eigenvalue weighted by molar-refractivity contribution is 7.09. The van der Waals surface area contributed by atoms with Crippen molar-refractivity contribution in [3.63, 3.8) is 0 Å². The molecule has 2 heterocycles. The minimum Gasteiger partial charge on any atom is -0.482 e. The molecule has 0 unspecified atom stereocenters. The number of fused-ring (bicyclic) bond motifs is 1. The van der Waals surface area contributed by atoms with E-state index in [2.05, 4.69) is 6.92 Å². The molecule has 154 valence electrons. The molecule has 1 amide bonds. The van der Waals surface area contributed by atoms with E-state index in [4.69, 9.17) is 14.5 Å². The van der Waals surface area contributed by atoms with Gasteiger partial charge in [-0.1, -0.05) is 19.1 Å². The van der Waals surface area contributed by atoms with Gasteiger partial charge in [-0.25, -0.2) is 9.78 Å². The number of aryl methyl sites for hydroxylation is 1. The van der Waals surface area contributed by atoms with Gasteiger partial charge in [0.2, 0.25) is 0 Å². The van der Waals surface area contributed by atoms with E-state index >= 15 is 0 Å². The molecule has 0 atom stereocenters. The molecule has 6 nitrogen and oxygen atoms in total. The van der Waals surface area contributed by atoms with E-state index in [1.54, 1.807) is 28.4 Å². The van der Waals surface area contributed by atoms with E-state index in [1.807, 2.05) is 35.7 Å². The zero-order valence-electron chi connectivity index (χ0n) is 16.9. The number of methoxy groups -OCH3 is 1. The summed E-state index contributed by atoms with van der Waals surface area (Å²) in [6.07, 6.45) is 2.02. The van der Waals surface area contributed by atoms with Gasteiger partial charge in [0.25, 0.3) is 5.91 Å². The number of nitrogens with zero attached hydrogens (tertiary/aromatic N) is 2. The highest BCUT2D eigenvalue weighted by Gasteiger charge is 2.26. The van der Waals surface area contributed by atoms with Crippen LogP contribution in [0.2, 0.25) is 0 Å². The summed E-state index contributed by atoms with van der Waals surface area (Å²) in [5.41, 5.74) is 3.98. The minimum atomic E-state index is -0.385. The molecule has 0 N–H and O–H groups in total. The third-order valence-corrected chi connectivity index (χ3v) is 5.84. The number of benzene rings is 2. The molecule has 2 aromatic carbocycles. The van der Waals surface area contributed by atoms with E-state index in [1.165, 1.54) is 7.11 Å². The Bertz CT molecular complexity index is 1080. The van der Waals surface area contributed by atoms with Crippen molar-refractivity contribution in [2.24, 2.45) is 0 Å². The van der Waals surface area contributed by atoms with Gasteiger partial charge in [0.05, 0.1) is 35.6 Å². The summed E-state index contributed by atoms with van der Waals surface area (Å²) in [7, 11) is 1.35. The lowest BCUT2D eigenvalue weighted by Crippen LogP contribution is -2.38. The van der Waals surface area contributed by atoms with Gasteiger partial charge >= 0.3 is 5.97 Å². The fraction of sp³-hybridized carbons (Fsp3) is 0.261. The average molecular weight is 423 g/mol. The molecule has 1 aliphatic heterocycles. The largest absolute Gasteiger partial charge is 0.482 e. The highest BCUT2D eigenvalue weighted by Crippen LogP contribution is 2.37. The molecule has 1 aromatic heterocycles. The first kappa shape index (κ1) is 20.1. The van der Waals surface area contributed by atoms with Gasteiger partial charge in [-0.3, -0.25) is 4.79 Å². The van der Waals surface area contributed by atoms with Crippen LogP contribution in [0.15, 0.2) is 47.8 Å². The van der Waals surface area contributed by atoms with Crippen molar-refractivity contribution in [1.82, 2.24) is 4.98 Å². The van der Waals surface area contributed by atoms with Crippen molar-refractivity contribution in [2.75, 3.05) is 18.6 Å². The second kappa shape index (κ2) is 8.67. The van der Waals surface area contributed by atoms with Crippen molar-refractivity contribution in [3.8, 4) is 17.0 Å². The van der Waals surface area contributed by atoms with Crippen LogP contribution in [0.5, 0.6) is 5.75 Å². The number of anilines is 1. The topological polar surface area (TPSA) is 68.7 Å². The van der Waals surface area contributed by atoms with E-state index < -0.39 is 0 Å². The maximum atomic E-state index is 12.6. The maximum Gasteiger partial charge on any atom is 0.337 e. The molecule has 4 rings (SSSR count). The Hall–Kier alpha value is -3.19. The summed E-state index contributed by atoms with van der Waals surface area (Å²) in [6, 6.07) is 12.9. The fourth-order valence-corrected chi connectivity index (χ4v) is 4.26. The van der Waals surface area contributed by atoms with Gasteiger partial charge in [-0.2, -0.15) is 0 Å². The standard InChI is InChI=1S/C23H22N2O4S/c1-3-4-21-24-18(14-30-21)17-9-10-20-19(11-17)25(22(26)13-29-20)12-15-5-7-16(8-6-15)23(27)28-2/h5-11,14H,3-4,12-13H2,1-2H3. The number of carbonyl (C=O) groups excluding carboxylic acids is 2. The van der Waals surface area contributed by atoms with E-state index in [0.29, 0.717) is 17.9 Å². The van der Waals surface area contributed by atoms with Gasteiger partial charge < -0.3 is 14.4 Å². The summed E-state index contributed by atoms with van der Waals surface area (Å²) in [5, 5.41) is 3.16. The zero-order chi connectivity index (χ0) is 21.1. The Labute approximate surface area is 179 Å². The van der Waals surface area contributed by atoms with Crippen LogP contribution in [0, 0.1) is 0 Å². The smallest absolute Gasteiger partial charge is 0.337 e. The predicted molar refractivity (Wildman–Crippen MR) is 116 cm³/mol. The first-order chi connectivity index (χ1) is 14.6. The molecule has 1 aliphatic rings. The molecule has 0 radical (unpaired) electrons. The number of carbonyl (C=O) groups is 2. The summed E-state index contributed by atoms with van der Waals surface area (Å²) in [4.78, 5) is 30.7. The molecule has 0 bridgehead atoms. The molecule has 7 heteroatoms. The second-order valence-corrected chi connectivity index (χ2v) is 7.96. The molecule has 30 heavy (non-hydrogen) atoms. The average Bonchev–Trinajstić information content (AvgIpc) is 3.24. The summed E-state index contributed by atoms with van der Waals surface area (Å²) in [6.45, 7) is 2.53. The lowest BCUT2D eigenvalue weighted by atomic mass is 10.1. The summed E-state index contributed by atoms with van der Waals surface area (Å²) in [5.74, 6) is 0.180. The van der Waals surface area contributed by atoms with Crippen LogP contribution in [0.25, 0.3) is 11.3 Å². The van der Waals surface area contributed by atoms with E-state index in [0.717, 1.165) is 40.4 Å². The van der Waals surface area contributed by atoms with Gasteiger partial charge in [0, 0.05) is 10.9 Å². The third kappa shape index (κ3) is 4.07. The first-order valence-corrected chi connectivity index (χ1v) is 10.7. The Morgan fingerprint density at radius 3 is 2.77 bits per heavy atom. The van der Waals surface area contributed by atoms with E-state index in [-0.39, 0.29) is 18.5 Å². The molecule has 3 aromatic rings. The third-order valence-electron chi connectivity index (χ3n) is 4.93. The van der Waals surface area contributed by atoms with Crippen LogP contribution < -0.4 is 9.64 Å². The van der Waals surface area contributed by atoms with Crippen LogP contribution in [-0.4, -0.2) is 30.6 Å². The molecule has 0 saturated carbocycles. The Kier molecular flexibility index (Phi) is 5.81. The van der Waals surface area contributed by atoms with Crippen molar-refractivity contribution < 1.29 is 19.1 Å². The highest BCUT2D eigenvalue weighted by atomic mass is 32.1.